The minimum Gasteiger partial charge on any atom is -0.455 e. The fraction of sp³-hybridized carbons (Fsp3) is 0.273. The van der Waals surface area contributed by atoms with E-state index >= 15 is 0 Å². The van der Waals surface area contributed by atoms with Gasteiger partial charge in [0.15, 0.2) is 0 Å². The Morgan fingerprint density at radius 1 is 1.18 bits per heavy atom. The Labute approximate surface area is 99.7 Å². The van der Waals surface area contributed by atoms with Crippen molar-refractivity contribution in [1.29, 1.82) is 0 Å². The molecule has 1 heterocycles. The van der Waals surface area contributed by atoms with E-state index in [1.165, 1.54) is 12.5 Å². The lowest BCUT2D eigenvalue weighted by atomic mass is 10.1. The molecule has 1 aliphatic heterocycles. The Morgan fingerprint density at radius 2 is 1.76 bits per heavy atom. The fourth-order valence-electron chi connectivity index (χ4n) is 1.34. The van der Waals surface area contributed by atoms with Crippen LogP contribution in [0.15, 0.2) is 36.8 Å². The third kappa shape index (κ3) is 3.47. The quantitative estimate of drug-likeness (QED) is 0.767. The van der Waals surface area contributed by atoms with E-state index in [9.17, 15) is 8.42 Å². The van der Waals surface area contributed by atoms with E-state index in [-0.39, 0.29) is 6.61 Å². The molecule has 1 aromatic carbocycles. The highest BCUT2D eigenvalue weighted by Crippen LogP contribution is 2.24. The number of ether oxygens (including phenoxy) is 2. The number of hydrogen-bond acceptors (Lipinski definition) is 5. The molecule has 0 fully saturated rings. The summed E-state index contributed by atoms with van der Waals surface area (Å²) in [4.78, 5) is 0. The zero-order valence-corrected chi connectivity index (χ0v) is 10.0. The van der Waals surface area contributed by atoms with Crippen molar-refractivity contribution < 1.29 is 22.1 Å². The third-order valence-corrected chi connectivity index (χ3v) is 2.70. The number of benzene rings is 1. The Kier molecular flexibility index (Phi) is 3.35. The van der Waals surface area contributed by atoms with Gasteiger partial charge in [-0.05, 0) is 5.56 Å². The molecule has 0 spiro atoms. The molecule has 0 unspecified atom stereocenters. The van der Waals surface area contributed by atoms with Crippen molar-refractivity contribution in [2.75, 3.05) is 6.26 Å². The maximum atomic E-state index is 10.8. The van der Waals surface area contributed by atoms with Crippen LogP contribution in [0.4, 0.5) is 0 Å². The van der Waals surface area contributed by atoms with Gasteiger partial charge in [0.1, 0.15) is 12.5 Å². The lowest BCUT2D eigenvalue weighted by Gasteiger charge is -2.10. The van der Waals surface area contributed by atoms with Gasteiger partial charge in [0.2, 0.25) is 0 Å². The molecule has 0 bridgehead atoms. The number of hydrogen-bond donors (Lipinski definition) is 0. The van der Waals surface area contributed by atoms with Crippen LogP contribution < -0.4 is 0 Å². The lowest BCUT2D eigenvalue weighted by Crippen LogP contribution is -2.03. The molecule has 1 aromatic rings. The Hall–Kier alpha value is -1.53. The van der Waals surface area contributed by atoms with Crippen LogP contribution in [0.2, 0.25) is 0 Å². The Balaban J connectivity index is 1.98. The minimum absolute atomic E-state index is 0.0315. The first-order chi connectivity index (χ1) is 8.04. The van der Waals surface area contributed by atoms with Crippen LogP contribution in [-0.4, -0.2) is 14.7 Å². The molecule has 0 atom stereocenters. The molecule has 92 valence electrons. The SMILES string of the molecule is CS(=O)(=O)OCc1ccc(C2OC=CO2)cc1. The fourth-order valence-corrected chi connectivity index (χ4v) is 1.69. The van der Waals surface area contributed by atoms with Crippen LogP contribution in [-0.2, 0) is 30.4 Å². The highest BCUT2D eigenvalue weighted by Gasteiger charge is 2.14. The summed E-state index contributed by atoms with van der Waals surface area (Å²) in [5.74, 6) is 0. The molecule has 0 aromatic heterocycles. The standard InChI is InChI=1S/C11H12O5S/c1-17(12,13)16-8-9-2-4-10(5-3-9)11-14-6-7-15-11/h2-7,11H,8H2,1H3. The summed E-state index contributed by atoms with van der Waals surface area (Å²) in [6.07, 6.45) is 3.56. The molecule has 17 heavy (non-hydrogen) atoms. The molecule has 1 aliphatic rings. The predicted octanol–water partition coefficient (Wildman–Crippen LogP) is 1.68. The Bertz CT molecular complexity index is 495. The zero-order valence-electron chi connectivity index (χ0n) is 9.20. The van der Waals surface area contributed by atoms with Crippen LogP contribution >= 0.6 is 0 Å². The van der Waals surface area contributed by atoms with Crippen molar-refractivity contribution >= 4 is 10.1 Å². The maximum absolute atomic E-state index is 10.8. The van der Waals surface area contributed by atoms with Gasteiger partial charge in [0.05, 0.1) is 12.9 Å². The van der Waals surface area contributed by atoms with E-state index in [4.69, 9.17) is 9.47 Å². The molecule has 0 saturated carbocycles. The van der Waals surface area contributed by atoms with Crippen molar-refractivity contribution in [1.82, 2.24) is 0 Å². The average Bonchev–Trinajstić information content (AvgIpc) is 2.79. The van der Waals surface area contributed by atoms with Crippen LogP contribution in [0.1, 0.15) is 17.4 Å². The van der Waals surface area contributed by atoms with E-state index in [1.807, 2.05) is 0 Å². The van der Waals surface area contributed by atoms with Gasteiger partial charge in [-0.15, -0.1) is 0 Å². The van der Waals surface area contributed by atoms with Crippen LogP contribution in [0, 0.1) is 0 Å². The van der Waals surface area contributed by atoms with Crippen molar-refractivity contribution in [2.24, 2.45) is 0 Å². The second-order valence-electron chi connectivity index (χ2n) is 3.58. The lowest BCUT2D eigenvalue weighted by molar-refractivity contribution is -0.0246. The van der Waals surface area contributed by atoms with Crippen molar-refractivity contribution in [2.45, 2.75) is 12.9 Å². The number of rotatable bonds is 4. The van der Waals surface area contributed by atoms with Gasteiger partial charge in [-0.1, -0.05) is 24.3 Å². The molecule has 5 nitrogen and oxygen atoms in total. The first-order valence-corrected chi connectivity index (χ1v) is 6.75. The minimum atomic E-state index is -3.41. The van der Waals surface area contributed by atoms with E-state index in [2.05, 4.69) is 4.18 Å². The molecule has 2 rings (SSSR count). The van der Waals surface area contributed by atoms with Gasteiger partial charge in [-0.3, -0.25) is 4.18 Å². The van der Waals surface area contributed by atoms with E-state index in [1.54, 1.807) is 24.3 Å². The second kappa shape index (κ2) is 4.77. The van der Waals surface area contributed by atoms with Crippen LogP contribution in [0.3, 0.4) is 0 Å². The predicted molar refractivity (Wildman–Crippen MR) is 60.1 cm³/mol. The van der Waals surface area contributed by atoms with E-state index in [0.29, 0.717) is 0 Å². The topological polar surface area (TPSA) is 61.8 Å². The smallest absolute Gasteiger partial charge is 0.266 e. The molecule has 0 amide bonds. The Morgan fingerprint density at radius 3 is 2.29 bits per heavy atom. The van der Waals surface area contributed by atoms with Gasteiger partial charge in [-0.2, -0.15) is 8.42 Å². The van der Waals surface area contributed by atoms with Crippen LogP contribution in [0.25, 0.3) is 0 Å². The normalized spacial score (nSPS) is 15.6. The van der Waals surface area contributed by atoms with Gasteiger partial charge in [-0.25, -0.2) is 0 Å². The molecular formula is C11H12O5S. The first kappa shape index (κ1) is 11.9. The van der Waals surface area contributed by atoms with E-state index < -0.39 is 16.4 Å². The van der Waals surface area contributed by atoms with E-state index in [0.717, 1.165) is 17.4 Å². The molecule has 0 saturated heterocycles. The van der Waals surface area contributed by atoms with Crippen molar-refractivity contribution in [3.8, 4) is 0 Å². The van der Waals surface area contributed by atoms with Crippen molar-refractivity contribution in [3.05, 3.63) is 47.9 Å². The monoisotopic (exact) mass is 256 g/mol. The molecule has 0 aliphatic carbocycles. The molecule has 6 heteroatoms. The van der Waals surface area contributed by atoms with Gasteiger partial charge in [0.25, 0.3) is 16.4 Å². The van der Waals surface area contributed by atoms with Crippen LogP contribution in [0.5, 0.6) is 0 Å². The summed E-state index contributed by atoms with van der Waals surface area (Å²) >= 11 is 0. The highest BCUT2D eigenvalue weighted by molar-refractivity contribution is 7.85. The largest absolute Gasteiger partial charge is 0.455 e. The molecular weight excluding hydrogens is 244 g/mol. The van der Waals surface area contributed by atoms with Gasteiger partial charge < -0.3 is 9.47 Å². The van der Waals surface area contributed by atoms with Gasteiger partial charge >= 0.3 is 0 Å². The summed E-state index contributed by atoms with van der Waals surface area (Å²) in [7, 11) is -3.41. The summed E-state index contributed by atoms with van der Waals surface area (Å²) in [6.45, 7) is 0.0315. The first-order valence-electron chi connectivity index (χ1n) is 4.94. The molecule has 0 N–H and O–H groups in total. The van der Waals surface area contributed by atoms with Gasteiger partial charge in [0, 0.05) is 5.56 Å². The summed E-state index contributed by atoms with van der Waals surface area (Å²) < 4.78 is 36.6. The summed E-state index contributed by atoms with van der Waals surface area (Å²) in [5, 5.41) is 0. The molecule has 0 radical (unpaired) electrons. The summed E-state index contributed by atoms with van der Waals surface area (Å²) in [5.41, 5.74) is 1.63. The maximum Gasteiger partial charge on any atom is 0.266 e. The van der Waals surface area contributed by atoms with Crippen molar-refractivity contribution in [3.63, 3.8) is 0 Å². The highest BCUT2D eigenvalue weighted by atomic mass is 32.2. The zero-order chi connectivity index (χ0) is 12.3. The third-order valence-electron chi connectivity index (χ3n) is 2.15. The second-order valence-corrected chi connectivity index (χ2v) is 5.23. The average molecular weight is 256 g/mol. The summed E-state index contributed by atoms with van der Waals surface area (Å²) in [6, 6.07) is 7.15.